The maximum Gasteiger partial charge on any atom is 0.238 e. The van der Waals surface area contributed by atoms with Gasteiger partial charge in [0.15, 0.2) is 9.84 Å². The van der Waals surface area contributed by atoms with E-state index in [1.807, 2.05) is 0 Å². The predicted octanol–water partition coefficient (Wildman–Crippen LogP) is 0.547. The molecule has 0 aromatic carbocycles. The van der Waals surface area contributed by atoms with Gasteiger partial charge in [0.2, 0.25) is 5.91 Å². The highest BCUT2D eigenvalue weighted by Gasteiger charge is 2.28. The summed E-state index contributed by atoms with van der Waals surface area (Å²) in [5.41, 5.74) is 5.40. The van der Waals surface area contributed by atoms with Crippen LogP contribution >= 0.6 is 0 Å². The second-order valence-corrected chi connectivity index (χ2v) is 7.65. The molecule has 2 unspecified atom stereocenters. The molecular weight excluding hydrogens is 252 g/mol. The van der Waals surface area contributed by atoms with Crippen LogP contribution in [0.5, 0.6) is 0 Å². The minimum Gasteiger partial charge on any atom is -0.355 e. The number of carbonyl (C=O) groups excluding carboxylic acids is 1. The number of rotatable bonds is 8. The summed E-state index contributed by atoms with van der Waals surface area (Å²) in [5, 5.41) is 1.66. The Morgan fingerprint density at radius 1 is 1.22 bits per heavy atom. The molecule has 5 nitrogen and oxygen atoms in total. The van der Waals surface area contributed by atoms with Crippen LogP contribution in [0, 0.1) is 11.8 Å². The number of hydrogen-bond donors (Lipinski definition) is 2. The molecule has 2 atom stereocenters. The molecule has 0 bridgehead atoms. The Hall–Kier alpha value is -0.620. The number of carbonyl (C=O) groups is 1. The third kappa shape index (κ3) is 6.35. The minimum absolute atomic E-state index is 0.0394. The molecule has 18 heavy (non-hydrogen) atoms. The smallest absolute Gasteiger partial charge is 0.238 e. The lowest BCUT2D eigenvalue weighted by atomic mass is 10.1. The molecule has 0 aliphatic heterocycles. The van der Waals surface area contributed by atoms with Gasteiger partial charge >= 0.3 is 0 Å². The molecule has 3 N–H and O–H groups in total. The van der Waals surface area contributed by atoms with E-state index in [1.54, 1.807) is 6.92 Å². The van der Waals surface area contributed by atoms with E-state index in [0.29, 0.717) is 19.0 Å². The van der Waals surface area contributed by atoms with Crippen molar-refractivity contribution in [3.8, 4) is 0 Å². The number of sulfone groups is 1. The van der Waals surface area contributed by atoms with E-state index in [9.17, 15) is 13.2 Å². The molecule has 108 valence electrons. The highest BCUT2D eigenvalue weighted by molar-refractivity contribution is 7.92. The van der Waals surface area contributed by atoms with Crippen molar-refractivity contribution in [3.63, 3.8) is 0 Å². The van der Waals surface area contributed by atoms with Gasteiger partial charge in [0.05, 0.1) is 5.75 Å². The quantitative estimate of drug-likeness (QED) is 0.678. The summed E-state index contributed by atoms with van der Waals surface area (Å²) >= 11 is 0. The number of nitrogens with one attached hydrogen (secondary N) is 1. The first-order chi connectivity index (χ1) is 8.20. The summed E-state index contributed by atoms with van der Waals surface area (Å²) in [7, 11) is -3.41. The summed E-state index contributed by atoms with van der Waals surface area (Å²) in [6.45, 7) is 8.12. The standard InChI is InChI=1S/C12H26N2O3S/c1-9(2)5-6-14-12(15)11(4)18(16,17)8-10(3)7-13/h9-11H,5-8,13H2,1-4H3,(H,14,15). The maximum atomic E-state index is 11.9. The Bertz CT molecular complexity index is 352. The van der Waals surface area contributed by atoms with Crippen molar-refractivity contribution in [2.45, 2.75) is 39.4 Å². The zero-order valence-electron chi connectivity index (χ0n) is 11.8. The Kier molecular flexibility index (Phi) is 7.47. The van der Waals surface area contributed by atoms with Crippen LogP contribution in [0.2, 0.25) is 0 Å². The van der Waals surface area contributed by atoms with Gasteiger partial charge in [0.1, 0.15) is 5.25 Å². The second kappa shape index (κ2) is 7.74. The van der Waals surface area contributed by atoms with E-state index in [4.69, 9.17) is 5.73 Å². The van der Waals surface area contributed by atoms with Crippen molar-refractivity contribution in [1.82, 2.24) is 5.32 Å². The Morgan fingerprint density at radius 3 is 2.22 bits per heavy atom. The molecule has 0 aliphatic rings. The molecule has 0 saturated heterocycles. The molecule has 0 aromatic rings. The van der Waals surface area contributed by atoms with Gasteiger partial charge in [-0.05, 0) is 31.7 Å². The highest BCUT2D eigenvalue weighted by atomic mass is 32.2. The van der Waals surface area contributed by atoms with Gasteiger partial charge in [0.25, 0.3) is 0 Å². The topological polar surface area (TPSA) is 89.3 Å². The summed E-state index contributed by atoms with van der Waals surface area (Å²) in [4.78, 5) is 11.7. The Balaban J connectivity index is 4.35. The molecule has 6 heteroatoms. The van der Waals surface area contributed by atoms with E-state index in [1.165, 1.54) is 6.92 Å². The third-order valence-corrected chi connectivity index (χ3v) is 5.17. The van der Waals surface area contributed by atoms with E-state index >= 15 is 0 Å². The normalized spacial score (nSPS) is 15.4. The van der Waals surface area contributed by atoms with Crippen LogP contribution in [0.15, 0.2) is 0 Å². The van der Waals surface area contributed by atoms with Crippen molar-refractivity contribution in [3.05, 3.63) is 0 Å². The van der Waals surface area contributed by atoms with Crippen LogP contribution in [-0.4, -0.2) is 38.4 Å². The van der Waals surface area contributed by atoms with Crippen LogP contribution in [0.3, 0.4) is 0 Å². The highest BCUT2D eigenvalue weighted by Crippen LogP contribution is 2.08. The fourth-order valence-corrected chi connectivity index (χ4v) is 3.03. The average Bonchev–Trinajstić information content (AvgIpc) is 2.26. The number of nitrogens with two attached hydrogens (primary N) is 1. The van der Waals surface area contributed by atoms with Gasteiger partial charge in [0, 0.05) is 6.54 Å². The van der Waals surface area contributed by atoms with Gasteiger partial charge in [-0.25, -0.2) is 8.42 Å². The molecule has 0 radical (unpaired) electrons. The van der Waals surface area contributed by atoms with E-state index in [2.05, 4.69) is 19.2 Å². The third-order valence-electron chi connectivity index (χ3n) is 2.85. The number of amides is 1. The molecule has 0 aliphatic carbocycles. The second-order valence-electron chi connectivity index (χ2n) is 5.29. The predicted molar refractivity (Wildman–Crippen MR) is 73.9 cm³/mol. The lowest BCUT2D eigenvalue weighted by Crippen LogP contribution is -2.41. The number of hydrogen-bond acceptors (Lipinski definition) is 4. The summed E-state index contributed by atoms with van der Waals surface area (Å²) in [5.74, 6) is -0.0994. The van der Waals surface area contributed by atoms with Gasteiger partial charge in [-0.3, -0.25) is 4.79 Å². The fraction of sp³-hybridized carbons (Fsp3) is 0.917. The van der Waals surface area contributed by atoms with Crippen molar-refractivity contribution >= 4 is 15.7 Å². The van der Waals surface area contributed by atoms with Crippen molar-refractivity contribution in [1.29, 1.82) is 0 Å². The average molecular weight is 278 g/mol. The lowest BCUT2D eigenvalue weighted by molar-refractivity contribution is -0.120. The summed E-state index contributed by atoms with van der Waals surface area (Å²) in [6, 6.07) is 0. The van der Waals surface area contributed by atoms with Crippen LogP contribution in [0.1, 0.15) is 34.1 Å². The maximum absolute atomic E-state index is 11.9. The zero-order valence-corrected chi connectivity index (χ0v) is 12.6. The van der Waals surface area contributed by atoms with Crippen LogP contribution < -0.4 is 11.1 Å². The molecular formula is C12H26N2O3S. The monoisotopic (exact) mass is 278 g/mol. The molecule has 0 rings (SSSR count). The van der Waals surface area contributed by atoms with Crippen LogP contribution in [0.25, 0.3) is 0 Å². The van der Waals surface area contributed by atoms with Gasteiger partial charge in [-0.15, -0.1) is 0 Å². The van der Waals surface area contributed by atoms with Crippen molar-refractivity contribution in [2.75, 3.05) is 18.8 Å². The lowest BCUT2D eigenvalue weighted by Gasteiger charge is -2.16. The molecule has 0 saturated carbocycles. The molecule has 0 heterocycles. The first kappa shape index (κ1) is 17.4. The molecule has 1 amide bonds. The van der Waals surface area contributed by atoms with Crippen LogP contribution in [0.4, 0.5) is 0 Å². The van der Waals surface area contributed by atoms with E-state index < -0.39 is 21.0 Å². The first-order valence-corrected chi connectivity index (χ1v) is 8.11. The van der Waals surface area contributed by atoms with Gasteiger partial charge in [-0.1, -0.05) is 20.8 Å². The minimum atomic E-state index is -3.41. The largest absolute Gasteiger partial charge is 0.355 e. The Labute approximate surface area is 110 Å². The summed E-state index contributed by atoms with van der Waals surface area (Å²) < 4.78 is 23.8. The van der Waals surface area contributed by atoms with Crippen LogP contribution in [-0.2, 0) is 14.6 Å². The van der Waals surface area contributed by atoms with Crippen molar-refractivity contribution in [2.24, 2.45) is 17.6 Å². The molecule has 0 fully saturated rings. The van der Waals surface area contributed by atoms with Gasteiger partial charge < -0.3 is 11.1 Å². The molecule has 0 aromatic heterocycles. The van der Waals surface area contributed by atoms with E-state index in [0.717, 1.165) is 6.42 Å². The Morgan fingerprint density at radius 2 is 1.78 bits per heavy atom. The van der Waals surface area contributed by atoms with Crippen molar-refractivity contribution < 1.29 is 13.2 Å². The summed E-state index contributed by atoms with van der Waals surface area (Å²) in [6.07, 6.45) is 0.845. The zero-order chi connectivity index (χ0) is 14.3. The fourth-order valence-electron chi connectivity index (χ4n) is 1.40. The SMILES string of the molecule is CC(C)CCNC(=O)C(C)S(=O)(=O)CC(C)CN. The molecule has 0 spiro atoms. The van der Waals surface area contributed by atoms with E-state index in [-0.39, 0.29) is 11.7 Å². The first-order valence-electron chi connectivity index (χ1n) is 6.40. The van der Waals surface area contributed by atoms with Gasteiger partial charge in [-0.2, -0.15) is 0 Å².